The molecule has 4 aromatic heterocycles. The van der Waals surface area contributed by atoms with Crippen LogP contribution in [-0.4, -0.2) is 29.1 Å². The molecule has 0 aliphatic heterocycles. The summed E-state index contributed by atoms with van der Waals surface area (Å²) in [5.41, 5.74) is 8.99. The summed E-state index contributed by atoms with van der Waals surface area (Å²) in [6.45, 7) is 16.2. The Labute approximate surface area is 231 Å². The average molecular weight is 523 g/mol. The first-order valence-electron chi connectivity index (χ1n) is 12.9. The van der Waals surface area contributed by atoms with E-state index in [0.29, 0.717) is 22.7 Å². The Hall–Kier alpha value is -5.34. The van der Waals surface area contributed by atoms with Crippen LogP contribution in [0, 0.1) is 45.6 Å². The highest BCUT2D eigenvalue weighted by molar-refractivity contribution is 5.96. The van der Waals surface area contributed by atoms with Crippen LogP contribution < -0.4 is 10.7 Å². The SMILES string of the molecule is [C-]#[N+]/C(c1cnc2cc(C)ccc2n1)=c1\c2c(C)n(C)/c(=C(/C#N)c3cnc4cc(C)ccc4n3)c2c(C)n1C. The Morgan fingerprint density at radius 2 is 1.25 bits per heavy atom. The van der Waals surface area contributed by atoms with Gasteiger partial charge in [0.2, 0.25) is 5.70 Å². The smallest absolute Gasteiger partial charge is 0.237 e. The molecule has 8 heteroatoms. The van der Waals surface area contributed by atoms with Crippen molar-refractivity contribution in [3.63, 3.8) is 0 Å². The van der Waals surface area contributed by atoms with E-state index in [-0.39, 0.29) is 0 Å². The van der Waals surface area contributed by atoms with Gasteiger partial charge in [0.25, 0.3) is 0 Å². The second-order valence-electron chi connectivity index (χ2n) is 10.2. The minimum absolute atomic E-state index is 0.412. The summed E-state index contributed by atoms with van der Waals surface area (Å²) in [5.74, 6) is 0. The van der Waals surface area contributed by atoms with Gasteiger partial charge in [0.1, 0.15) is 17.3 Å². The number of hydrogen-bond donors (Lipinski definition) is 0. The summed E-state index contributed by atoms with van der Waals surface area (Å²) in [6.07, 6.45) is 3.33. The number of benzene rings is 2. The maximum atomic E-state index is 10.4. The van der Waals surface area contributed by atoms with E-state index in [2.05, 4.69) is 20.9 Å². The Morgan fingerprint density at radius 3 is 1.80 bits per heavy atom. The topological polar surface area (TPSA) is 89.6 Å². The van der Waals surface area contributed by atoms with Crippen molar-refractivity contribution >= 4 is 44.1 Å². The molecule has 0 amide bonds. The molecule has 6 rings (SSSR count). The van der Waals surface area contributed by atoms with Crippen LogP contribution in [0.15, 0.2) is 48.8 Å². The fraction of sp³-hybridized carbons (Fsp3) is 0.188. The van der Waals surface area contributed by atoms with Crippen molar-refractivity contribution in [1.82, 2.24) is 29.1 Å². The quantitative estimate of drug-likeness (QED) is 0.314. The molecule has 0 saturated heterocycles. The van der Waals surface area contributed by atoms with Gasteiger partial charge in [0.15, 0.2) is 0 Å². The maximum Gasteiger partial charge on any atom is 0.237 e. The summed E-state index contributed by atoms with van der Waals surface area (Å²) < 4.78 is 4.02. The molecule has 0 N–H and O–H groups in total. The van der Waals surface area contributed by atoms with Gasteiger partial charge in [0, 0.05) is 42.5 Å². The fourth-order valence-corrected chi connectivity index (χ4v) is 5.46. The molecule has 0 spiro atoms. The molecule has 0 aliphatic carbocycles. The van der Waals surface area contributed by atoms with Gasteiger partial charge in [-0.25, -0.2) is 9.83 Å². The van der Waals surface area contributed by atoms with Crippen molar-refractivity contribution in [2.24, 2.45) is 14.1 Å². The number of aromatic nitrogens is 6. The first kappa shape index (κ1) is 25.0. The van der Waals surface area contributed by atoms with Gasteiger partial charge in [-0.3, -0.25) is 15.0 Å². The number of nitrogens with zero attached hydrogens (tertiary/aromatic N) is 8. The summed E-state index contributed by atoms with van der Waals surface area (Å²) >= 11 is 0. The lowest BCUT2D eigenvalue weighted by Gasteiger charge is -2.07. The minimum atomic E-state index is 0.412. The van der Waals surface area contributed by atoms with Gasteiger partial charge < -0.3 is 9.13 Å². The summed E-state index contributed by atoms with van der Waals surface area (Å²) in [7, 11) is 3.89. The number of fused-ring (bicyclic) bond motifs is 3. The first-order valence-corrected chi connectivity index (χ1v) is 12.9. The molecule has 0 unspecified atom stereocenters. The molecule has 0 bridgehead atoms. The van der Waals surface area contributed by atoms with Crippen LogP contribution in [0.4, 0.5) is 0 Å². The van der Waals surface area contributed by atoms with Gasteiger partial charge in [-0.2, -0.15) is 5.26 Å². The van der Waals surface area contributed by atoms with Gasteiger partial charge in [-0.05, 0) is 63.1 Å². The predicted octanol–water partition coefficient (Wildman–Crippen LogP) is 4.44. The zero-order valence-corrected chi connectivity index (χ0v) is 23.2. The van der Waals surface area contributed by atoms with Crippen molar-refractivity contribution in [3.05, 3.63) is 105 Å². The lowest BCUT2D eigenvalue weighted by atomic mass is 10.1. The molecule has 4 heterocycles. The van der Waals surface area contributed by atoms with Crippen LogP contribution in [0.5, 0.6) is 0 Å². The third-order valence-corrected chi connectivity index (χ3v) is 7.70. The lowest BCUT2D eigenvalue weighted by Crippen LogP contribution is -2.22. The molecular formula is C32H26N8. The molecule has 0 fully saturated rings. The van der Waals surface area contributed by atoms with E-state index in [1.165, 1.54) is 0 Å². The molecule has 194 valence electrons. The van der Waals surface area contributed by atoms with Crippen LogP contribution in [0.25, 0.3) is 49.0 Å². The molecular weight excluding hydrogens is 496 g/mol. The van der Waals surface area contributed by atoms with E-state index in [4.69, 9.17) is 16.5 Å². The molecule has 40 heavy (non-hydrogen) atoms. The van der Waals surface area contributed by atoms with Crippen LogP contribution >= 0.6 is 0 Å². The molecule has 0 aliphatic rings. The van der Waals surface area contributed by atoms with Crippen LogP contribution in [0.3, 0.4) is 0 Å². The van der Waals surface area contributed by atoms with Gasteiger partial charge in [0.05, 0.1) is 51.2 Å². The Balaban J connectivity index is 1.72. The normalized spacial score (nSPS) is 13.0. The number of rotatable bonds is 2. The predicted molar refractivity (Wildman–Crippen MR) is 156 cm³/mol. The van der Waals surface area contributed by atoms with Gasteiger partial charge in [-0.1, -0.05) is 12.1 Å². The highest BCUT2D eigenvalue weighted by Gasteiger charge is 2.22. The molecule has 8 nitrogen and oxygen atoms in total. The summed E-state index contributed by atoms with van der Waals surface area (Å²) in [4.78, 5) is 22.8. The largest absolute Gasteiger partial charge is 0.356 e. The van der Waals surface area contributed by atoms with Crippen molar-refractivity contribution in [2.75, 3.05) is 0 Å². The van der Waals surface area contributed by atoms with E-state index in [0.717, 1.165) is 66.1 Å². The Morgan fingerprint density at radius 1 is 0.750 bits per heavy atom. The third kappa shape index (κ3) is 3.65. The Bertz CT molecular complexity index is 2090. The number of hydrogen-bond acceptors (Lipinski definition) is 5. The average Bonchev–Trinajstić information content (AvgIpc) is 3.35. The van der Waals surface area contributed by atoms with E-state index >= 15 is 0 Å². The summed E-state index contributed by atoms with van der Waals surface area (Å²) in [6, 6.07) is 14.2. The van der Waals surface area contributed by atoms with Crippen LogP contribution in [0.2, 0.25) is 0 Å². The third-order valence-electron chi connectivity index (χ3n) is 7.70. The van der Waals surface area contributed by atoms with E-state index in [1.807, 2.05) is 87.3 Å². The zero-order chi connectivity index (χ0) is 28.3. The van der Waals surface area contributed by atoms with Gasteiger partial charge in [-0.15, -0.1) is 0 Å². The van der Waals surface area contributed by atoms with Crippen molar-refractivity contribution in [2.45, 2.75) is 27.7 Å². The van der Waals surface area contributed by atoms with Crippen molar-refractivity contribution < 1.29 is 0 Å². The van der Waals surface area contributed by atoms with Crippen molar-refractivity contribution in [1.29, 1.82) is 5.26 Å². The lowest BCUT2D eigenvalue weighted by molar-refractivity contribution is 0.826. The second-order valence-corrected chi connectivity index (χ2v) is 10.2. The molecule has 2 aromatic carbocycles. The van der Waals surface area contributed by atoms with E-state index in [9.17, 15) is 5.26 Å². The molecule has 0 radical (unpaired) electrons. The minimum Gasteiger partial charge on any atom is -0.356 e. The maximum absolute atomic E-state index is 10.4. The highest BCUT2D eigenvalue weighted by atomic mass is 15.0. The zero-order valence-electron chi connectivity index (χ0n) is 23.2. The number of nitriles is 1. The summed E-state index contributed by atoms with van der Waals surface area (Å²) in [5, 5.41) is 13.7. The highest BCUT2D eigenvalue weighted by Crippen LogP contribution is 2.24. The number of aryl methyl sites for hydroxylation is 4. The van der Waals surface area contributed by atoms with Crippen LogP contribution in [0.1, 0.15) is 33.9 Å². The van der Waals surface area contributed by atoms with Crippen LogP contribution in [-0.2, 0) is 14.1 Å². The Kier molecular flexibility index (Phi) is 5.71. The monoisotopic (exact) mass is 522 g/mol. The van der Waals surface area contributed by atoms with E-state index < -0.39 is 0 Å². The van der Waals surface area contributed by atoms with E-state index in [1.54, 1.807) is 12.4 Å². The second kappa shape index (κ2) is 9.14. The van der Waals surface area contributed by atoms with Crippen molar-refractivity contribution in [3.8, 4) is 6.07 Å². The fourth-order valence-electron chi connectivity index (χ4n) is 5.46. The molecule has 6 aromatic rings. The first-order chi connectivity index (χ1) is 19.2. The molecule has 0 saturated carbocycles. The standard InChI is InChI=1S/C32H26N8/c1-17-8-10-22-24(12-17)35-15-26(37-22)21(14-33)31-28-19(3)40(7)32(29(28)20(4)39(31)6)30(34-5)27-16-36-25-13-18(2)9-11-23(25)38-27/h8-13,15-16H,1-4,6-7H3/b31-21-,32-30+. The molecule has 0 atom stereocenters. The van der Waals surface area contributed by atoms with Gasteiger partial charge >= 0.3 is 0 Å².